The van der Waals surface area contributed by atoms with Crippen LogP contribution in [-0.2, 0) is 4.74 Å². The molecule has 0 aliphatic carbocycles. The number of hydrogen-bond donors (Lipinski definition) is 1. The van der Waals surface area contributed by atoms with Gasteiger partial charge in [-0.25, -0.2) is 0 Å². The van der Waals surface area contributed by atoms with Crippen molar-refractivity contribution in [3.05, 3.63) is 29.8 Å². The molecule has 0 bridgehead atoms. The predicted octanol–water partition coefficient (Wildman–Crippen LogP) is 3.55. The van der Waals surface area contributed by atoms with Crippen LogP contribution in [0.3, 0.4) is 0 Å². The van der Waals surface area contributed by atoms with E-state index < -0.39 is 0 Å². The largest absolute Gasteiger partial charge is 0.491 e. The molecule has 0 fully saturated rings. The highest BCUT2D eigenvalue weighted by Gasteiger charge is 2.10. The van der Waals surface area contributed by atoms with Crippen molar-refractivity contribution in [1.82, 2.24) is 5.32 Å². The Hall–Kier alpha value is -1.06. The number of ether oxygens (including phenoxy) is 2. The fourth-order valence-electron chi connectivity index (χ4n) is 2.12. The summed E-state index contributed by atoms with van der Waals surface area (Å²) in [6.07, 6.45) is 2.38. The molecular weight excluding hydrogens is 238 g/mol. The van der Waals surface area contributed by atoms with Gasteiger partial charge < -0.3 is 14.8 Å². The van der Waals surface area contributed by atoms with Crippen molar-refractivity contribution in [3.8, 4) is 5.75 Å². The number of nitrogens with one attached hydrogen (secondary N) is 1. The third-order valence-corrected chi connectivity index (χ3v) is 2.95. The molecule has 0 amide bonds. The summed E-state index contributed by atoms with van der Waals surface area (Å²) in [7, 11) is 1.75. The Balaban J connectivity index is 2.62. The molecule has 0 aliphatic heterocycles. The van der Waals surface area contributed by atoms with Crippen LogP contribution in [0, 0.1) is 0 Å². The smallest absolute Gasteiger partial charge is 0.119 e. The first-order valence-electron chi connectivity index (χ1n) is 7.16. The Bertz CT molecular complexity index is 335. The molecule has 3 nitrogen and oxygen atoms in total. The van der Waals surface area contributed by atoms with Crippen molar-refractivity contribution >= 4 is 0 Å². The van der Waals surface area contributed by atoms with Gasteiger partial charge in [0.15, 0.2) is 0 Å². The maximum Gasteiger partial charge on any atom is 0.119 e. The molecule has 1 atom stereocenters. The van der Waals surface area contributed by atoms with Crippen LogP contribution in [0.25, 0.3) is 0 Å². The van der Waals surface area contributed by atoms with Crippen molar-refractivity contribution in [1.29, 1.82) is 0 Å². The molecule has 1 aromatic rings. The van der Waals surface area contributed by atoms with E-state index in [9.17, 15) is 0 Å². The predicted molar refractivity (Wildman–Crippen MR) is 79.7 cm³/mol. The van der Waals surface area contributed by atoms with Gasteiger partial charge in [-0.3, -0.25) is 0 Å². The summed E-state index contributed by atoms with van der Waals surface area (Å²) >= 11 is 0. The molecule has 0 spiro atoms. The lowest BCUT2D eigenvalue weighted by atomic mass is 10.0. The van der Waals surface area contributed by atoms with Gasteiger partial charge in [-0.1, -0.05) is 19.1 Å². The van der Waals surface area contributed by atoms with Gasteiger partial charge >= 0.3 is 0 Å². The van der Waals surface area contributed by atoms with Crippen molar-refractivity contribution in [2.75, 3.05) is 20.3 Å². The molecule has 1 aromatic carbocycles. The Morgan fingerprint density at radius 3 is 2.37 bits per heavy atom. The molecule has 1 N–H and O–H groups in total. The molecule has 0 radical (unpaired) electrons. The maximum atomic E-state index is 5.67. The minimum absolute atomic E-state index is 0.220. The standard InChI is InChI=1S/C16H27NO2/c1-5-17-16(7-6-12-18-4)14-8-10-15(11-9-14)19-13(2)3/h8-11,13,16-17H,5-7,12H2,1-4H3. The number of methoxy groups -OCH3 is 1. The van der Waals surface area contributed by atoms with Crippen molar-refractivity contribution in [3.63, 3.8) is 0 Å². The Morgan fingerprint density at radius 1 is 1.16 bits per heavy atom. The molecule has 0 saturated heterocycles. The molecular formula is C16H27NO2. The normalized spacial score (nSPS) is 12.7. The number of hydrogen-bond acceptors (Lipinski definition) is 3. The summed E-state index contributed by atoms with van der Waals surface area (Å²) in [4.78, 5) is 0. The Kier molecular flexibility index (Phi) is 7.53. The monoisotopic (exact) mass is 265 g/mol. The first kappa shape index (κ1) is 16.0. The Labute approximate surface area is 117 Å². The molecule has 1 unspecified atom stereocenters. The third kappa shape index (κ3) is 6.08. The van der Waals surface area contributed by atoms with E-state index in [0.29, 0.717) is 6.04 Å². The zero-order valence-corrected chi connectivity index (χ0v) is 12.6. The molecule has 108 valence electrons. The van der Waals surface area contributed by atoms with Gasteiger partial charge in [0, 0.05) is 19.8 Å². The van der Waals surface area contributed by atoms with E-state index in [0.717, 1.165) is 31.7 Å². The highest BCUT2D eigenvalue weighted by atomic mass is 16.5. The minimum Gasteiger partial charge on any atom is -0.491 e. The average Bonchev–Trinajstić information content (AvgIpc) is 2.38. The summed E-state index contributed by atoms with van der Waals surface area (Å²) < 4.78 is 10.8. The summed E-state index contributed by atoms with van der Waals surface area (Å²) in [5.41, 5.74) is 1.31. The van der Waals surface area contributed by atoms with E-state index in [4.69, 9.17) is 9.47 Å². The van der Waals surface area contributed by atoms with Gasteiger partial charge in [0.2, 0.25) is 0 Å². The van der Waals surface area contributed by atoms with E-state index in [-0.39, 0.29) is 6.10 Å². The Morgan fingerprint density at radius 2 is 1.84 bits per heavy atom. The van der Waals surface area contributed by atoms with Crippen molar-refractivity contribution in [2.24, 2.45) is 0 Å². The second-order valence-electron chi connectivity index (χ2n) is 4.98. The van der Waals surface area contributed by atoms with E-state index in [1.165, 1.54) is 5.56 Å². The molecule has 3 heteroatoms. The van der Waals surface area contributed by atoms with E-state index in [1.807, 2.05) is 13.8 Å². The topological polar surface area (TPSA) is 30.5 Å². The number of benzene rings is 1. The zero-order chi connectivity index (χ0) is 14.1. The molecule has 0 saturated carbocycles. The average molecular weight is 265 g/mol. The SMILES string of the molecule is CCNC(CCCOC)c1ccc(OC(C)C)cc1. The van der Waals surface area contributed by atoms with Crippen LogP contribution in [0.4, 0.5) is 0 Å². The third-order valence-electron chi connectivity index (χ3n) is 2.95. The van der Waals surface area contributed by atoms with Gasteiger partial charge in [-0.2, -0.15) is 0 Å². The molecule has 0 aromatic heterocycles. The van der Waals surface area contributed by atoms with Crippen LogP contribution in [-0.4, -0.2) is 26.4 Å². The van der Waals surface area contributed by atoms with Gasteiger partial charge in [-0.05, 0) is 50.9 Å². The number of rotatable bonds is 9. The van der Waals surface area contributed by atoms with Crippen LogP contribution in [0.2, 0.25) is 0 Å². The maximum absolute atomic E-state index is 5.67. The van der Waals surface area contributed by atoms with Gasteiger partial charge in [0.25, 0.3) is 0 Å². The minimum atomic E-state index is 0.220. The van der Waals surface area contributed by atoms with Gasteiger partial charge in [0.05, 0.1) is 6.10 Å². The highest BCUT2D eigenvalue weighted by molar-refractivity contribution is 5.29. The first-order valence-corrected chi connectivity index (χ1v) is 7.16. The molecule has 1 rings (SSSR count). The van der Waals surface area contributed by atoms with Crippen LogP contribution >= 0.6 is 0 Å². The molecule has 0 aliphatic rings. The second-order valence-corrected chi connectivity index (χ2v) is 4.98. The second kappa shape index (κ2) is 8.94. The zero-order valence-electron chi connectivity index (χ0n) is 12.6. The summed E-state index contributed by atoms with van der Waals surface area (Å²) in [6.45, 7) is 8.01. The highest BCUT2D eigenvalue weighted by Crippen LogP contribution is 2.22. The molecule has 0 heterocycles. The van der Waals surface area contributed by atoms with Crippen molar-refractivity contribution < 1.29 is 9.47 Å². The van der Waals surface area contributed by atoms with E-state index in [2.05, 4.69) is 36.5 Å². The van der Waals surface area contributed by atoms with Crippen LogP contribution in [0.5, 0.6) is 5.75 Å². The summed E-state index contributed by atoms with van der Waals surface area (Å²) in [5.74, 6) is 0.936. The van der Waals surface area contributed by atoms with Crippen LogP contribution in [0.1, 0.15) is 45.2 Å². The van der Waals surface area contributed by atoms with Gasteiger partial charge in [0.1, 0.15) is 5.75 Å². The van der Waals surface area contributed by atoms with Crippen LogP contribution in [0.15, 0.2) is 24.3 Å². The van der Waals surface area contributed by atoms with Gasteiger partial charge in [-0.15, -0.1) is 0 Å². The van der Waals surface area contributed by atoms with Crippen LogP contribution < -0.4 is 10.1 Å². The molecule has 19 heavy (non-hydrogen) atoms. The fraction of sp³-hybridized carbons (Fsp3) is 0.625. The lowest BCUT2D eigenvalue weighted by Crippen LogP contribution is -2.21. The summed E-state index contributed by atoms with van der Waals surface area (Å²) in [6, 6.07) is 8.80. The summed E-state index contributed by atoms with van der Waals surface area (Å²) in [5, 5.41) is 3.52. The van der Waals surface area contributed by atoms with Crippen molar-refractivity contribution in [2.45, 2.75) is 45.8 Å². The van der Waals surface area contributed by atoms with E-state index >= 15 is 0 Å². The lowest BCUT2D eigenvalue weighted by Gasteiger charge is -2.19. The first-order chi connectivity index (χ1) is 9.17. The lowest BCUT2D eigenvalue weighted by molar-refractivity contribution is 0.189. The fourth-order valence-corrected chi connectivity index (χ4v) is 2.12. The van der Waals surface area contributed by atoms with E-state index in [1.54, 1.807) is 7.11 Å². The quantitative estimate of drug-likeness (QED) is 0.693.